The number of aromatic nitrogens is 1. The fourth-order valence-electron chi connectivity index (χ4n) is 8.24. The third kappa shape index (κ3) is 3.29. The van der Waals surface area contributed by atoms with Crippen molar-refractivity contribution in [2.24, 2.45) is 0 Å². The predicted octanol–water partition coefficient (Wildman–Crippen LogP) is 11.0. The summed E-state index contributed by atoms with van der Waals surface area (Å²) < 4.78 is 9.25. The lowest BCUT2D eigenvalue weighted by Crippen LogP contribution is -2.32. The van der Waals surface area contributed by atoms with E-state index in [1.807, 2.05) is 0 Å². The Morgan fingerprint density at radius 3 is 1.80 bits per heavy atom. The topological polar surface area (TPSA) is 14.2 Å². The third-order valence-electron chi connectivity index (χ3n) is 10.1. The number of hydrogen-bond acceptors (Lipinski definition) is 1. The van der Waals surface area contributed by atoms with Crippen molar-refractivity contribution in [2.75, 3.05) is 0 Å². The molecule has 2 heteroatoms. The smallest absolute Gasteiger partial charge is 0.132 e. The van der Waals surface area contributed by atoms with Crippen molar-refractivity contribution in [2.45, 2.75) is 18.3 Å². The molecular formula is C43H29NO. The summed E-state index contributed by atoms with van der Waals surface area (Å²) in [7, 11) is 0. The average Bonchev–Trinajstić information content (AvgIpc) is 3.60. The van der Waals surface area contributed by atoms with Crippen LogP contribution in [-0.2, 0) is 5.41 Å². The minimum Gasteiger partial charge on any atom is -0.457 e. The Balaban J connectivity index is 1.32. The van der Waals surface area contributed by atoms with E-state index in [9.17, 15) is 0 Å². The van der Waals surface area contributed by atoms with Crippen LogP contribution in [0.15, 0.2) is 152 Å². The normalized spacial score (nSPS) is 15.3. The van der Waals surface area contributed by atoms with Crippen molar-refractivity contribution >= 4 is 27.4 Å². The van der Waals surface area contributed by atoms with Crippen LogP contribution in [-0.4, -0.2) is 4.57 Å². The van der Waals surface area contributed by atoms with Gasteiger partial charge in [0, 0.05) is 27.6 Å². The summed E-state index contributed by atoms with van der Waals surface area (Å²) in [4.78, 5) is 0. The van der Waals surface area contributed by atoms with Crippen molar-refractivity contribution in [1.82, 2.24) is 4.57 Å². The van der Waals surface area contributed by atoms with E-state index in [0.29, 0.717) is 0 Å². The van der Waals surface area contributed by atoms with Gasteiger partial charge in [-0.1, -0.05) is 109 Å². The molecule has 1 aromatic heterocycles. The number of hydrogen-bond donors (Lipinski definition) is 0. The van der Waals surface area contributed by atoms with Gasteiger partial charge in [0.05, 0.1) is 16.4 Å². The Hall–Kier alpha value is -5.60. The molecule has 212 valence electrons. The molecule has 7 aromatic rings. The Morgan fingerprint density at radius 1 is 0.533 bits per heavy atom. The molecule has 0 atom stereocenters. The zero-order valence-electron chi connectivity index (χ0n) is 24.7. The van der Waals surface area contributed by atoms with Crippen molar-refractivity contribution in [3.05, 3.63) is 180 Å². The van der Waals surface area contributed by atoms with Crippen molar-refractivity contribution in [1.29, 1.82) is 0 Å². The van der Waals surface area contributed by atoms with Crippen LogP contribution < -0.4 is 4.74 Å². The van der Waals surface area contributed by atoms with E-state index in [1.165, 1.54) is 66.3 Å². The number of nitrogens with zero attached hydrogens (tertiary/aromatic N) is 1. The predicted molar refractivity (Wildman–Crippen MR) is 185 cm³/mol. The summed E-state index contributed by atoms with van der Waals surface area (Å²) >= 11 is 0. The van der Waals surface area contributed by atoms with Crippen LogP contribution in [0.5, 0.6) is 11.5 Å². The fraction of sp³-hybridized carbons (Fsp3) is 0.0698. The number of benzene rings is 6. The SMILES string of the molecule is C1=CC(c2ccc3c(c2)C2(c4cc(-n5c6ccccc6c6ccccc65)ccc4O3)c3ccccc3-c3ccccc32)=CCC1. The zero-order valence-corrected chi connectivity index (χ0v) is 24.7. The van der Waals surface area contributed by atoms with Crippen LogP contribution in [0.3, 0.4) is 0 Å². The van der Waals surface area contributed by atoms with E-state index in [1.54, 1.807) is 0 Å². The first-order valence-corrected chi connectivity index (χ1v) is 15.8. The van der Waals surface area contributed by atoms with E-state index < -0.39 is 5.41 Å². The van der Waals surface area contributed by atoms with Gasteiger partial charge in [-0.2, -0.15) is 0 Å². The van der Waals surface area contributed by atoms with E-state index in [4.69, 9.17) is 4.74 Å². The number of allylic oxidation sites excluding steroid dienone is 4. The maximum absolute atomic E-state index is 6.84. The van der Waals surface area contributed by atoms with Crippen molar-refractivity contribution in [3.8, 4) is 28.3 Å². The maximum Gasteiger partial charge on any atom is 0.132 e. The summed E-state index contributed by atoms with van der Waals surface area (Å²) in [5, 5.41) is 2.52. The van der Waals surface area contributed by atoms with Crippen molar-refractivity contribution < 1.29 is 4.74 Å². The molecule has 2 nitrogen and oxygen atoms in total. The highest BCUT2D eigenvalue weighted by atomic mass is 16.5. The Morgan fingerprint density at radius 2 is 1.13 bits per heavy atom. The molecule has 3 aliphatic rings. The van der Waals surface area contributed by atoms with E-state index in [-0.39, 0.29) is 0 Å². The lowest BCUT2D eigenvalue weighted by Gasteiger charge is -2.40. The highest BCUT2D eigenvalue weighted by Crippen LogP contribution is 2.62. The lowest BCUT2D eigenvalue weighted by molar-refractivity contribution is 0.436. The molecule has 0 radical (unpaired) electrons. The monoisotopic (exact) mass is 575 g/mol. The van der Waals surface area contributed by atoms with Gasteiger partial charge in [0.25, 0.3) is 0 Å². The molecule has 2 aliphatic carbocycles. The standard InChI is InChI=1S/C43H29NO/c1-2-12-28(13-3-1)29-22-24-41-37(26-29)43(35-18-8-4-14-31(35)32-15-5-9-19-36(32)43)38-27-30(23-25-42(38)45-41)44-39-20-10-6-16-33(39)34-17-7-11-21-40(34)44/h2,4-27H,1,3H2. The molecule has 10 rings (SSSR count). The van der Waals surface area contributed by atoms with Crippen LogP contribution in [0.2, 0.25) is 0 Å². The summed E-state index contributed by atoms with van der Waals surface area (Å²) in [6.07, 6.45) is 9.09. The van der Waals surface area contributed by atoms with Gasteiger partial charge in [-0.15, -0.1) is 0 Å². The van der Waals surface area contributed by atoms with Gasteiger partial charge in [0.1, 0.15) is 11.5 Å². The van der Waals surface area contributed by atoms with Crippen LogP contribution in [0.25, 0.3) is 44.2 Å². The summed E-state index contributed by atoms with van der Waals surface area (Å²) in [6, 6.07) is 49.0. The van der Waals surface area contributed by atoms with Gasteiger partial charge in [0.15, 0.2) is 0 Å². The first kappa shape index (κ1) is 24.8. The molecule has 0 amide bonds. The van der Waals surface area contributed by atoms with E-state index >= 15 is 0 Å². The van der Waals surface area contributed by atoms with Crippen LogP contribution in [0.4, 0.5) is 0 Å². The molecule has 45 heavy (non-hydrogen) atoms. The second kappa shape index (κ2) is 9.20. The molecule has 0 bridgehead atoms. The van der Waals surface area contributed by atoms with Crippen LogP contribution in [0.1, 0.15) is 40.7 Å². The first-order valence-electron chi connectivity index (χ1n) is 15.8. The number of ether oxygens (including phenoxy) is 1. The van der Waals surface area contributed by atoms with E-state index in [2.05, 4.69) is 156 Å². The van der Waals surface area contributed by atoms with Gasteiger partial charge in [0.2, 0.25) is 0 Å². The number of para-hydroxylation sites is 2. The minimum atomic E-state index is -0.528. The molecule has 0 saturated carbocycles. The zero-order chi connectivity index (χ0) is 29.5. The highest BCUT2D eigenvalue weighted by Gasteiger charge is 2.51. The Kier molecular flexibility index (Phi) is 5.07. The second-order valence-corrected chi connectivity index (χ2v) is 12.3. The van der Waals surface area contributed by atoms with Gasteiger partial charge in [-0.05, 0) is 88.7 Å². The largest absolute Gasteiger partial charge is 0.457 e. The summed E-state index contributed by atoms with van der Waals surface area (Å²) in [5.41, 5.74) is 13.1. The Bertz CT molecular complexity index is 2320. The van der Waals surface area contributed by atoms with Gasteiger partial charge in [-0.25, -0.2) is 0 Å². The highest BCUT2D eigenvalue weighted by molar-refractivity contribution is 6.09. The maximum atomic E-state index is 6.84. The molecule has 6 aromatic carbocycles. The number of fused-ring (bicyclic) bond motifs is 12. The molecule has 0 saturated heterocycles. The molecule has 0 fully saturated rings. The minimum absolute atomic E-state index is 0.528. The molecule has 1 spiro atoms. The van der Waals surface area contributed by atoms with E-state index in [0.717, 1.165) is 30.0 Å². The number of rotatable bonds is 2. The molecule has 0 unspecified atom stereocenters. The van der Waals surface area contributed by atoms with Crippen LogP contribution >= 0.6 is 0 Å². The molecular weight excluding hydrogens is 546 g/mol. The Labute approximate surface area is 262 Å². The summed E-state index contributed by atoms with van der Waals surface area (Å²) in [6.45, 7) is 0. The summed E-state index contributed by atoms with van der Waals surface area (Å²) in [5.74, 6) is 1.82. The first-order chi connectivity index (χ1) is 22.3. The molecule has 0 N–H and O–H groups in total. The van der Waals surface area contributed by atoms with Gasteiger partial charge in [-0.3, -0.25) is 0 Å². The van der Waals surface area contributed by atoms with Gasteiger partial charge >= 0.3 is 0 Å². The fourth-order valence-corrected chi connectivity index (χ4v) is 8.24. The third-order valence-corrected chi connectivity index (χ3v) is 10.1. The average molecular weight is 576 g/mol. The molecule has 2 heterocycles. The molecule has 1 aliphatic heterocycles. The quantitative estimate of drug-likeness (QED) is 0.200. The van der Waals surface area contributed by atoms with Gasteiger partial charge < -0.3 is 9.30 Å². The lowest BCUT2D eigenvalue weighted by atomic mass is 9.65. The van der Waals surface area contributed by atoms with Crippen molar-refractivity contribution in [3.63, 3.8) is 0 Å². The second-order valence-electron chi connectivity index (χ2n) is 12.3. The van der Waals surface area contributed by atoms with Crippen LogP contribution in [0, 0.1) is 0 Å².